The number of aliphatic hydroxyl groups is 1. The lowest BCUT2D eigenvalue weighted by molar-refractivity contribution is -0.116. The van der Waals surface area contributed by atoms with Crippen LogP contribution in [-0.2, 0) is 4.79 Å². The summed E-state index contributed by atoms with van der Waals surface area (Å²) >= 11 is 6.01. The molecule has 2 rings (SSSR count). The lowest BCUT2D eigenvalue weighted by Gasteiger charge is -2.08. The Morgan fingerprint density at radius 3 is 2.95 bits per heavy atom. The highest BCUT2D eigenvalue weighted by atomic mass is 35.5. The average Bonchev–Trinajstić information content (AvgIpc) is 3.21. The van der Waals surface area contributed by atoms with Crippen LogP contribution in [0.3, 0.4) is 0 Å². The van der Waals surface area contributed by atoms with Crippen molar-refractivity contribution in [1.29, 1.82) is 0 Å². The van der Waals surface area contributed by atoms with Crippen molar-refractivity contribution in [3.63, 3.8) is 0 Å². The number of carbonyl (C=O) groups excluding carboxylic acids is 1. The molecule has 1 aromatic rings. The van der Waals surface area contributed by atoms with Gasteiger partial charge in [0.1, 0.15) is 0 Å². The largest absolute Gasteiger partial charge is 0.391 e. The maximum atomic E-state index is 11.6. The van der Waals surface area contributed by atoms with Gasteiger partial charge in [-0.25, -0.2) is 0 Å². The van der Waals surface area contributed by atoms with E-state index in [2.05, 4.69) is 5.32 Å². The van der Waals surface area contributed by atoms with E-state index in [-0.39, 0.29) is 5.91 Å². The molecule has 0 aliphatic heterocycles. The molecule has 1 saturated carbocycles. The molecule has 0 spiro atoms. The topological polar surface area (TPSA) is 49.3 Å². The van der Waals surface area contributed by atoms with Crippen molar-refractivity contribution in [2.45, 2.75) is 25.9 Å². The van der Waals surface area contributed by atoms with Gasteiger partial charge in [0.05, 0.1) is 6.10 Å². The molecule has 3 nitrogen and oxygen atoms in total. The van der Waals surface area contributed by atoms with Crippen molar-refractivity contribution in [3.8, 4) is 0 Å². The highest BCUT2D eigenvalue weighted by Crippen LogP contribution is 2.32. The van der Waals surface area contributed by atoms with Crippen LogP contribution in [0.4, 0.5) is 0 Å². The van der Waals surface area contributed by atoms with Crippen molar-refractivity contribution in [2.75, 3.05) is 6.54 Å². The fourth-order valence-corrected chi connectivity index (χ4v) is 1.99. The lowest BCUT2D eigenvalue weighted by atomic mass is 10.1. The molecule has 0 saturated heterocycles. The van der Waals surface area contributed by atoms with Gasteiger partial charge in [-0.15, -0.1) is 0 Å². The smallest absolute Gasteiger partial charge is 0.244 e. The summed E-state index contributed by atoms with van der Waals surface area (Å²) in [5.41, 5.74) is 1.89. The zero-order valence-electron chi connectivity index (χ0n) is 10.9. The van der Waals surface area contributed by atoms with E-state index in [0.717, 1.165) is 24.0 Å². The third-order valence-electron chi connectivity index (χ3n) is 3.27. The molecular formula is C15H18ClNO2. The lowest BCUT2D eigenvalue weighted by Crippen LogP contribution is -2.31. The van der Waals surface area contributed by atoms with E-state index in [0.29, 0.717) is 17.5 Å². The fourth-order valence-electron chi connectivity index (χ4n) is 1.80. The van der Waals surface area contributed by atoms with Crippen LogP contribution in [0.15, 0.2) is 24.3 Å². The minimum absolute atomic E-state index is 0.198. The Balaban J connectivity index is 1.83. The summed E-state index contributed by atoms with van der Waals surface area (Å²) in [6.07, 6.45) is 4.89. The molecule has 1 fully saturated rings. The number of aliphatic hydroxyl groups excluding tert-OH is 1. The molecule has 0 heterocycles. The van der Waals surface area contributed by atoms with Gasteiger partial charge in [-0.1, -0.05) is 23.7 Å². The van der Waals surface area contributed by atoms with Gasteiger partial charge in [0.15, 0.2) is 0 Å². The standard InChI is InChI=1S/C15H18ClNO2/c1-10-2-3-11(8-13(10)16)4-7-15(19)17-9-14(18)12-5-6-12/h2-4,7-8,12,14,18H,5-6,9H2,1H3,(H,17,19)/b7-4+. The second-order valence-corrected chi connectivity index (χ2v) is 5.40. The Bertz CT molecular complexity index is 495. The zero-order chi connectivity index (χ0) is 13.8. The molecule has 1 unspecified atom stereocenters. The quantitative estimate of drug-likeness (QED) is 0.814. The first kappa shape index (κ1) is 14.1. The molecule has 0 bridgehead atoms. The summed E-state index contributed by atoms with van der Waals surface area (Å²) in [5, 5.41) is 13.0. The van der Waals surface area contributed by atoms with Gasteiger partial charge < -0.3 is 10.4 Å². The van der Waals surface area contributed by atoms with Crippen LogP contribution in [0.1, 0.15) is 24.0 Å². The molecule has 1 aliphatic carbocycles. The van der Waals surface area contributed by atoms with Crippen LogP contribution >= 0.6 is 11.6 Å². The first-order valence-corrected chi connectivity index (χ1v) is 6.84. The van der Waals surface area contributed by atoms with Crippen LogP contribution < -0.4 is 5.32 Å². The number of rotatable bonds is 5. The number of hydrogen-bond donors (Lipinski definition) is 2. The van der Waals surface area contributed by atoms with Crippen LogP contribution in [0.2, 0.25) is 5.02 Å². The van der Waals surface area contributed by atoms with Gasteiger partial charge >= 0.3 is 0 Å². The Kier molecular flexibility index (Phi) is 4.61. The summed E-state index contributed by atoms with van der Waals surface area (Å²) in [7, 11) is 0. The zero-order valence-corrected chi connectivity index (χ0v) is 11.7. The first-order valence-electron chi connectivity index (χ1n) is 6.46. The van der Waals surface area contributed by atoms with E-state index in [1.807, 2.05) is 25.1 Å². The van der Waals surface area contributed by atoms with Crippen LogP contribution in [0.5, 0.6) is 0 Å². The van der Waals surface area contributed by atoms with E-state index < -0.39 is 6.10 Å². The molecule has 19 heavy (non-hydrogen) atoms. The number of aryl methyl sites for hydroxylation is 1. The highest BCUT2D eigenvalue weighted by Gasteiger charge is 2.29. The van der Waals surface area contributed by atoms with Gasteiger partial charge in [0.2, 0.25) is 5.91 Å². The van der Waals surface area contributed by atoms with Crippen molar-refractivity contribution in [3.05, 3.63) is 40.4 Å². The number of carbonyl (C=O) groups is 1. The van der Waals surface area contributed by atoms with E-state index in [4.69, 9.17) is 11.6 Å². The van der Waals surface area contributed by atoms with Gasteiger partial charge in [-0.3, -0.25) is 4.79 Å². The second kappa shape index (κ2) is 6.22. The van der Waals surface area contributed by atoms with Crippen LogP contribution in [-0.4, -0.2) is 23.7 Å². The normalized spacial score (nSPS) is 16.6. The molecule has 4 heteroatoms. The molecule has 1 aromatic carbocycles. The Morgan fingerprint density at radius 1 is 1.58 bits per heavy atom. The second-order valence-electron chi connectivity index (χ2n) is 4.99. The molecule has 0 aromatic heterocycles. The predicted molar refractivity (Wildman–Crippen MR) is 77.0 cm³/mol. The summed E-state index contributed by atoms with van der Waals surface area (Å²) in [6, 6.07) is 5.64. The SMILES string of the molecule is Cc1ccc(/C=C/C(=O)NCC(O)C2CC2)cc1Cl. The number of amides is 1. The van der Waals surface area contributed by atoms with Gasteiger partial charge in [0, 0.05) is 17.6 Å². The molecule has 0 radical (unpaired) electrons. The number of nitrogens with one attached hydrogen (secondary N) is 1. The molecular weight excluding hydrogens is 262 g/mol. The van der Waals surface area contributed by atoms with Gasteiger partial charge in [-0.05, 0) is 49.0 Å². The number of halogens is 1. The minimum atomic E-state index is -0.411. The maximum absolute atomic E-state index is 11.6. The molecule has 1 amide bonds. The number of hydrogen-bond acceptors (Lipinski definition) is 2. The molecule has 102 valence electrons. The van der Waals surface area contributed by atoms with E-state index >= 15 is 0 Å². The highest BCUT2D eigenvalue weighted by molar-refractivity contribution is 6.31. The number of benzene rings is 1. The summed E-state index contributed by atoms with van der Waals surface area (Å²) in [5.74, 6) is 0.177. The Labute approximate surface area is 118 Å². The van der Waals surface area contributed by atoms with E-state index in [1.165, 1.54) is 6.08 Å². The first-order chi connectivity index (χ1) is 9.06. The molecule has 1 aliphatic rings. The van der Waals surface area contributed by atoms with Crippen LogP contribution in [0, 0.1) is 12.8 Å². The Morgan fingerprint density at radius 2 is 2.32 bits per heavy atom. The van der Waals surface area contributed by atoms with Crippen molar-refractivity contribution < 1.29 is 9.90 Å². The van der Waals surface area contributed by atoms with Crippen LogP contribution in [0.25, 0.3) is 6.08 Å². The monoisotopic (exact) mass is 279 g/mol. The minimum Gasteiger partial charge on any atom is -0.391 e. The van der Waals surface area contributed by atoms with Gasteiger partial charge in [0.25, 0.3) is 0 Å². The van der Waals surface area contributed by atoms with Crippen molar-refractivity contribution in [1.82, 2.24) is 5.32 Å². The predicted octanol–water partition coefficient (Wildman–Crippen LogP) is 2.55. The van der Waals surface area contributed by atoms with Crippen molar-refractivity contribution >= 4 is 23.6 Å². The Hall–Kier alpha value is -1.32. The van der Waals surface area contributed by atoms with Gasteiger partial charge in [-0.2, -0.15) is 0 Å². The van der Waals surface area contributed by atoms with Crippen molar-refractivity contribution in [2.24, 2.45) is 5.92 Å². The summed E-state index contributed by atoms with van der Waals surface area (Å²) in [4.78, 5) is 11.6. The molecule has 2 N–H and O–H groups in total. The van der Waals surface area contributed by atoms with E-state index in [9.17, 15) is 9.90 Å². The summed E-state index contributed by atoms with van der Waals surface area (Å²) < 4.78 is 0. The van der Waals surface area contributed by atoms with E-state index in [1.54, 1.807) is 6.08 Å². The summed E-state index contributed by atoms with van der Waals surface area (Å²) in [6.45, 7) is 2.25. The molecule has 1 atom stereocenters. The third-order valence-corrected chi connectivity index (χ3v) is 3.68. The fraction of sp³-hybridized carbons (Fsp3) is 0.400. The maximum Gasteiger partial charge on any atom is 0.244 e. The third kappa shape index (κ3) is 4.37. The average molecular weight is 280 g/mol.